The summed E-state index contributed by atoms with van der Waals surface area (Å²) in [6, 6.07) is -0.0494. The van der Waals surface area contributed by atoms with Gasteiger partial charge in [-0.3, -0.25) is 5.84 Å². The van der Waals surface area contributed by atoms with Crippen LogP contribution in [-0.2, 0) is 10.2 Å². The molecule has 0 amide bonds. The summed E-state index contributed by atoms with van der Waals surface area (Å²) in [5, 5.41) is 4.20. The first-order valence-corrected chi connectivity index (χ1v) is 6.54. The number of rotatable bonds is 5. The smallest absolute Gasteiger partial charge is 0.0858 e. The van der Waals surface area contributed by atoms with Crippen LogP contribution in [0.15, 0.2) is 0 Å². The summed E-state index contributed by atoms with van der Waals surface area (Å²) < 4.78 is 9.62. The summed E-state index contributed by atoms with van der Waals surface area (Å²) >= 11 is 1.38. The number of hydrogen-bond donors (Lipinski definition) is 2. The van der Waals surface area contributed by atoms with Gasteiger partial charge in [-0.15, -0.1) is 5.10 Å². The molecule has 1 atom stereocenters. The highest BCUT2D eigenvalue weighted by atomic mass is 32.1. The van der Waals surface area contributed by atoms with Gasteiger partial charge < -0.3 is 4.74 Å². The molecule has 0 spiro atoms. The normalized spacial score (nSPS) is 14.3. The molecule has 1 aromatic heterocycles. The molecule has 98 valence electrons. The molecule has 3 N–H and O–H groups in total. The van der Waals surface area contributed by atoms with Gasteiger partial charge in [0.2, 0.25) is 0 Å². The second kappa shape index (κ2) is 5.86. The zero-order chi connectivity index (χ0) is 13.1. The van der Waals surface area contributed by atoms with Crippen molar-refractivity contribution < 1.29 is 4.74 Å². The molecule has 0 aromatic carbocycles. The molecule has 0 fully saturated rings. The topological polar surface area (TPSA) is 73.1 Å². The van der Waals surface area contributed by atoms with Gasteiger partial charge in [0, 0.05) is 5.41 Å². The summed E-state index contributed by atoms with van der Waals surface area (Å²) in [5.74, 6) is 5.58. The van der Waals surface area contributed by atoms with E-state index in [4.69, 9.17) is 10.6 Å². The van der Waals surface area contributed by atoms with Crippen LogP contribution in [0.4, 0.5) is 0 Å². The Morgan fingerprint density at radius 3 is 2.53 bits per heavy atom. The van der Waals surface area contributed by atoms with Crippen LogP contribution in [0.1, 0.15) is 51.2 Å². The van der Waals surface area contributed by atoms with Gasteiger partial charge in [0.25, 0.3) is 0 Å². The van der Waals surface area contributed by atoms with Gasteiger partial charge in [0.1, 0.15) is 0 Å². The maximum absolute atomic E-state index is 5.59. The SMILES string of the molecule is CC(C)OCC(NN)c1snnc1C(C)(C)C. The first-order chi connectivity index (χ1) is 7.86. The van der Waals surface area contributed by atoms with E-state index in [2.05, 4.69) is 35.8 Å². The monoisotopic (exact) mass is 258 g/mol. The second-order valence-corrected chi connectivity index (χ2v) is 6.12. The zero-order valence-corrected chi connectivity index (χ0v) is 12.0. The third kappa shape index (κ3) is 3.99. The first kappa shape index (κ1) is 14.5. The third-order valence-corrected chi connectivity index (χ3v) is 3.18. The van der Waals surface area contributed by atoms with E-state index in [0.717, 1.165) is 10.6 Å². The summed E-state index contributed by atoms with van der Waals surface area (Å²) in [4.78, 5) is 1.06. The van der Waals surface area contributed by atoms with Crippen LogP contribution in [0.3, 0.4) is 0 Å². The zero-order valence-electron chi connectivity index (χ0n) is 11.2. The Morgan fingerprint density at radius 2 is 2.06 bits per heavy atom. The van der Waals surface area contributed by atoms with Crippen LogP contribution in [0.5, 0.6) is 0 Å². The Labute approximate surface area is 107 Å². The number of hydrogen-bond acceptors (Lipinski definition) is 6. The largest absolute Gasteiger partial charge is 0.377 e. The van der Waals surface area contributed by atoms with Gasteiger partial charge in [-0.05, 0) is 25.4 Å². The number of hydrazine groups is 1. The van der Waals surface area contributed by atoms with Gasteiger partial charge in [-0.1, -0.05) is 25.3 Å². The maximum atomic E-state index is 5.59. The van der Waals surface area contributed by atoms with E-state index in [0.29, 0.717) is 6.61 Å². The molecule has 1 unspecified atom stereocenters. The Kier molecular flexibility index (Phi) is 5.00. The average molecular weight is 258 g/mol. The minimum atomic E-state index is -0.0494. The van der Waals surface area contributed by atoms with Crippen molar-refractivity contribution in [2.24, 2.45) is 5.84 Å². The molecule has 0 aliphatic rings. The lowest BCUT2D eigenvalue weighted by atomic mass is 9.90. The van der Waals surface area contributed by atoms with Crippen LogP contribution in [0.2, 0.25) is 0 Å². The lowest BCUT2D eigenvalue weighted by molar-refractivity contribution is 0.0614. The van der Waals surface area contributed by atoms with Crippen LogP contribution in [0.25, 0.3) is 0 Å². The van der Waals surface area contributed by atoms with E-state index in [-0.39, 0.29) is 17.6 Å². The highest BCUT2D eigenvalue weighted by molar-refractivity contribution is 7.05. The fourth-order valence-corrected chi connectivity index (χ4v) is 2.34. The van der Waals surface area contributed by atoms with Gasteiger partial charge >= 0.3 is 0 Å². The minimum absolute atomic E-state index is 0.0325. The van der Waals surface area contributed by atoms with Crippen molar-refractivity contribution in [1.82, 2.24) is 15.0 Å². The number of nitrogens with zero attached hydrogens (tertiary/aromatic N) is 2. The molecule has 5 nitrogen and oxygen atoms in total. The van der Waals surface area contributed by atoms with Crippen molar-refractivity contribution in [1.29, 1.82) is 0 Å². The molecular formula is C11H22N4OS. The Bertz CT molecular complexity index is 345. The standard InChI is InChI=1S/C11H22N4OS/c1-7(2)16-6-8(13-12)9-10(11(3,4)5)14-15-17-9/h7-8,13H,6,12H2,1-5H3. The van der Waals surface area contributed by atoms with Crippen molar-refractivity contribution in [3.05, 3.63) is 10.6 Å². The molecular weight excluding hydrogens is 236 g/mol. The summed E-state index contributed by atoms with van der Waals surface area (Å²) in [5.41, 5.74) is 3.73. The number of aromatic nitrogens is 2. The molecule has 0 aliphatic carbocycles. The van der Waals surface area contributed by atoms with Crippen LogP contribution >= 0.6 is 11.5 Å². The summed E-state index contributed by atoms with van der Waals surface area (Å²) in [6.07, 6.45) is 0.185. The molecule has 0 bridgehead atoms. The molecule has 0 saturated carbocycles. The fraction of sp³-hybridized carbons (Fsp3) is 0.818. The molecule has 1 heterocycles. The van der Waals surface area contributed by atoms with Crippen LogP contribution < -0.4 is 11.3 Å². The maximum Gasteiger partial charge on any atom is 0.0858 e. The van der Waals surface area contributed by atoms with E-state index in [1.807, 2.05) is 13.8 Å². The quantitative estimate of drug-likeness (QED) is 0.622. The Balaban J connectivity index is 2.85. The van der Waals surface area contributed by atoms with E-state index in [1.54, 1.807) is 0 Å². The van der Waals surface area contributed by atoms with Crippen molar-refractivity contribution in [2.45, 2.75) is 52.2 Å². The molecule has 0 aliphatic heterocycles. The third-order valence-electron chi connectivity index (χ3n) is 2.34. The number of ether oxygens (including phenoxy) is 1. The molecule has 6 heteroatoms. The van der Waals surface area contributed by atoms with E-state index in [1.165, 1.54) is 11.5 Å². The number of nitrogens with two attached hydrogens (primary N) is 1. The lowest BCUT2D eigenvalue weighted by Crippen LogP contribution is -2.33. The number of nitrogens with one attached hydrogen (secondary N) is 1. The Hall–Kier alpha value is -0.560. The van der Waals surface area contributed by atoms with Gasteiger partial charge in [0.15, 0.2) is 0 Å². The predicted molar refractivity (Wildman–Crippen MR) is 69.8 cm³/mol. The minimum Gasteiger partial charge on any atom is -0.377 e. The molecule has 0 saturated heterocycles. The fourth-order valence-electron chi connectivity index (χ4n) is 1.43. The molecule has 1 aromatic rings. The van der Waals surface area contributed by atoms with E-state index in [9.17, 15) is 0 Å². The summed E-state index contributed by atoms with van der Waals surface area (Å²) in [6.45, 7) is 10.9. The van der Waals surface area contributed by atoms with Crippen molar-refractivity contribution in [3.63, 3.8) is 0 Å². The van der Waals surface area contributed by atoms with Crippen molar-refractivity contribution in [3.8, 4) is 0 Å². The highest BCUT2D eigenvalue weighted by Gasteiger charge is 2.27. The van der Waals surface area contributed by atoms with Crippen LogP contribution in [0, 0.1) is 0 Å². The van der Waals surface area contributed by atoms with Crippen molar-refractivity contribution in [2.75, 3.05) is 6.61 Å². The average Bonchev–Trinajstić information content (AvgIpc) is 2.66. The Morgan fingerprint density at radius 1 is 1.41 bits per heavy atom. The highest BCUT2D eigenvalue weighted by Crippen LogP contribution is 2.30. The van der Waals surface area contributed by atoms with Gasteiger partial charge in [-0.2, -0.15) is 0 Å². The molecule has 1 rings (SSSR count). The van der Waals surface area contributed by atoms with E-state index >= 15 is 0 Å². The second-order valence-electron chi connectivity index (χ2n) is 5.34. The van der Waals surface area contributed by atoms with Gasteiger partial charge in [0.05, 0.1) is 29.3 Å². The summed E-state index contributed by atoms with van der Waals surface area (Å²) in [7, 11) is 0. The predicted octanol–water partition coefficient (Wildman–Crippen LogP) is 1.77. The van der Waals surface area contributed by atoms with Crippen LogP contribution in [-0.4, -0.2) is 22.3 Å². The lowest BCUT2D eigenvalue weighted by Gasteiger charge is -2.21. The van der Waals surface area contributed by atoms with Crippen molar-refractivity contribution >= 4 is 11.5 Å². The van der Waals surface area contributed by atoms with E-state index < -0.39 is 0 Å². The molecule has 0 radical (unpaired) electrons. The molecule has 17 heavy (non-hydrogen) atoms. The van der Waals surface area contributed by atoms with Gasteiger partial charge in [-0.25, -0.2) is 5.43 Å². The first-order valence-electron chi connectivity index (χ1n) is 5.76.